The highest BCUT2D eigenvalue weighted by atomic mass is 16.4. The minimum atomic E-state index is -1.53. The second-order valence-electron chi connectivity index (χ2n) is 9.26. The molecule has 212 valence electrons. The molecule has 2 aromatic rings. The van der Waals surface area contributed by atoms with Gasteiger partial charge in [-0.25, -0.2) is 9.78 Å². The van der Waals surface area contributed by atoms with Crippen molar-refractivity contribution in [3.05, 3.63) is 48.0 Å². The molecule has 0 aliphatic rings. The molecular formula is C25H35N7O7. The molecule has 1 aromatic heterocycles. The van der Waals surface area contributed by atoms with Crippen LogP contribution in [0.3, 0.4) is 0 Å². The lowest BCUT2D eigenvalue weighted by Gasteiger charge is -2.25. The number of imidazole rings is 1. The lowest BCUT2D eigenvalue weighted by molar-refractivity contribution is -0.142. The molecule has 0 saturated carbocycles. The largest absolute Gasteiger partial charge is 0.508 e. The van der Waals surface area contributed by atoms with Crippen LogP contribution in [0.25, 0.3) is 0 Å². The molecule has 0 fully saturated rings. The van der Waals surface area contributed by atoms with Crippen molar-refractivity contribution in [1.82, 2.24) is 25.9 Å². The smallest absolute Gasteiger partial charge is 0.326 e. The minimum absolute atomic E-state index is 0.0132. The summed E-state index contributed by atoms with van der Waals surface area (Å²) in [6, 6.07) is 0.682. The number of carboxylic acids is 1. The second-order valence-corrected chi connectivity index (χ2v) is 9.26. The van der Waals surface area contributed by atoms with Crippen LogP contribution in [0, 0.1) is 5.92 Å². The molecule has 2 rings (SSSR count). The Morgan fingerprint density at radius 3 is 2.08 bits per heavy atom. The Morgan fingerprint density at radius 1 is 0.949 bits per heavy atom. The number of aromatic hydroxyl groups is 1. The highest BCUT2D eigenvalue weighted by molar-refractivity contribution is 5.96. The molecule has 10 N–H and O–H groups in total. The van der Waals surface area contributed by atoms with Crippen LogP contribution in [0.2, 0.25) is 0 Å². The highest BCUT2D eigenvalue weighted by Crippen LogP contribution is 2.12. The van der Waals surface area contributed by atoms with Crippen molar-refractivity contribution in [1.29, 1.82) is 0 Å². The molecule has 0 bridgehead atoms. The molecule has 1 heterocycles. The number of aromatic amines is 1. The number of nitrogens with two attached hydrogens (primary N) is 2. The molecule has 0 aliphatic carbocycles. The van der Waals surface area contributed by atoms with Gasteiger partial charge in [0.2, 0.25) is 23.6 Å². The maximum Gasteiger partial charge on any atom is 0.326 e. The molecule has 5 atom stereocenters. The number of hydrogen-bond donors (Lipinski definition) is 8. The van der Waals surface area contributed by atoms with Gasteiger partial charge in [-0.15, -0.1) is 0 Å². The van der Waals surface area contributed by atoms with E-state index >= 15 is 0 Å². The molecule has 0 aliphatic heterocycles. The van der Waals surface area contributed by atoms with E-state index in [1.807, 2.05) is 6.92 Å². The minimum Gasteiger partial charge on any atom is -0.508 e. The monoisotopic (exact) mass is 545 g/mol. The van der Waals surface area contributed by atoms with Crippen molar-refractivity contribution < 1.29 is 34.2 Å². The summed E-state index contributed by atoms with van der Waals surface area (Å²) in [6.45, 7) is 3.66. The third kappa shape index (κ3) is 9.74. The number of amides is 4. The van der Waals surface area contributed by atoms with E-state index in [1.165, 1.54) is 36.8 Å². The number of benzene rings is 1. The van der Waals surface area contributed by atoms with Crippen molar-refractivity contribution in [2.24, 2.45) is 17.4 Å². The number of H-pyrrole nitrogens is 1. The number of nitrogens with one attached hydrogen (secondary N) is 4. The summed E-state index contributed by atoms with van der Waals surface area (Å²) in [5.74, 6) is -4.83. The average molecular weight is 546 g/mol. The van der Waals surface area contributed by atoms with E-state index in [4.69, 9.17) is 11.5 Å². The SMILES string of the molecule is CCC(C)C(N)C(=O)NC(Cc1cnc[nH]1)C(=O)NC(CC(N)=O)C(=O)NC(Cc1ccc(O)cc1)C(=O)O. The molecule has 0 radical (unpaired) electrons. The van der Waals surface area contributed by atoms with Gasteiger partial charge in [-0.1, -0.05) is 32.4 Å². The van der Waals surface area contributed by atoms with Crippen molar-refractivity contribution in [2.75, 3.05) is 0 Å². The second kappa shape index (κ2) is 14.5. The van der Waals surface area contributed by atoms with Crippen LogP contribution < -0.4 is 27.4 Å². The van der Waals surface area contributed by atoms with Crippen LogP contribution in [0.1, 0.15) is 37.9 Å². The lowest BCUT2D eigenvalue weighted by atomic mass is 9.98. The van der Waals surface area contributed by atoms with E-state index in [0.29, 0.717) is 17.7 Å². The van der Waals surface area contributed by atoms with Crippen LogP contribution >= 0.6 is 0 Å². The quantitative estimate of drug-likeness (QED) is 0.132. The van der Waals surface area contributed by atoms with E-state index in [1.54, 1.807) is 6.92 Å². The molecule has 5 unspecified atom stereocenters. The van der Waals surface area contributed by atoms with Crippen molar-refractivity contribution in [3.8, 4) is 5.75 Å². The Morgan fingerprint density at radius 2 is 1.54 bits per heavy atom. The molecular weight excluding hydrogens is 510 g/mol. The molecule has 4 amide bonds. The van der Waals surface area contributed by atoms with Gasteiger partial charge in [0.25, 0.3) is 0 Å². The topological polar surface area (TPSA) is 243 Å². The number of aliphatic carboxylic acids is 1. The van der Waals surface area contributed by atoms with Gasteiger partial charge in [-0.3, -0.25) is 19.2 Å². The summed E-state index contributed by atoms with van der Waals surface area (Å²) < 4.78 is 0. The number of nitrogens with zero attached hydrogens (tertiary/aromatic N) is 1. The van der Waals surface area contributed by atoms with E-state index < -0.39 is 60.2 Å². The zero-order valence-electron chi connectivity index (χ0n) is 21.7. The van der Waals surface area contributed by atoms with Crippen LogP contribution in [-0.4, -0.2) is 73.9 Å². The average Bonchev–Trinajstić information content (AvgIpc) is 3.40. The van der Waals surface area contributed by atoms with Crippen molar-refractivity contribution >= 4 is 29.6 Å². The molecule has 14 nitrogen and oxygen atoms in total. The van der Waals surface area contributed by atoms with Crippen molar-refractivity contribution in [2.45, 2.75) is 63.7 Å². The van der Waals surface area contributed by atoms with Gasteiger partial charge in [0.15, 0.2) is 0 Å². The summed E-state index contributed by atoms with van der Waals surface area (Å²) >= 11 is 0. The Kier molecular flexibility index (Phi) is 11.4. The highest BCUT2D eigenvalue weighted by Gasteiger charge is 2.32. The first-order valence-corrected chi connectivity index (χ1v) is 12.3. The third-order valence-corrected chi connectivity index (χ3v) is 6.20. The number of carbonyl (C=O) groups excluding carboxylic acids is 4. The molecule has 14 heteroatoms. The zero-order valence-corrected chi connectivity index (χ0v) is 21.7. The molecule has 0 saturated heterocycles. The summed E-state index contributed by atoms with van der Waals surface area (Å²) in [5, 5.41) is 26.3. The van der Waals surface area contributed by atoms with Gasteiger partial charge in [0.1, 0.15) is 23.9 Å². The van der Waals surface area contributed by atoms with Gasteiger partial charge in [0.05, 0.1) is 18.8 Å². The van der Waals surface area contributed by atoms with Gasteiger partial charge in [-0.05, 0) is 23.6 Å². The summed E-state index contributed by atoms with van der Waals surface area (Å²) in [6.07, 6.45) is 2.68. The van der Waals surface area contributed by atoms with E-state index in [9.17, 15) is 34.2 Å². The number of carboxylic acid groups (broad SMARTS) is 1. The van der Waals surface area contributed by atoms with E-state index in [2.05, 4.69) is 25.9 Å². The van der Waals surface area contributed by atoms with Crippen LogP contribution in [0.15, 0.2) is 36.8 Å². The number of carbonyl (C=O) groups is 5. The maximum absolute atomic E-state index is 13.2. The number of primary amides is 1. The number of hydrogen-bond acceptors (Lipinski definition) is 8. The van der Waals surface area contributed by atoms with E-state index in [0.717, 1.165) is 0 Å². The predicted octanol–water partition coefficient (Wildman–Crippen LogP) is -1.31. The van der Waals surface area contributed by atoms with Gasteiger partial charge >= 0.3 is 5.97 Å². The third-order valence-electron chi connectivity index (χ3n) is 6.20. The molecule has 0 spiro atoms. The Labute approximate surface area is 224 Å². The van der Waals surface area contributed by atoms with Crippen LogP contribution in [0.4, 0.5) is 0 Å². The number of phenols is 1. The maximum atomic E-state index is 13.2. The fourth-order valence-corrected chi connectivity index (χ4v) is 3.63. The van der Waals surface area contributed by atoms with Gasteiger partial charge < -0.3 is 42.6 Å². The first-order valence-electron chi connectivity index (χ1n) is 12.3. The summed E-state index contributed by atoms with van der Waals surface area (Å²) in [5.41, 5.74) is 12.3. The standard InChI is InChI=1S/C25H35N7O7/c1-3-13(2)21(27)24(37)31-17(9-15-11-28-12-29-15)22(35)30-18(10-20(26)34)23(36)32-19(25(38)39)8-14-4-6-16(33)7-5-14/h4-7,11-13,17-19,21,33H,3,8-10,27H2,1-2H3,(H2,26,34)(H,28,29)(H,30,35)(H,31,37)(H,32,36)(H,38,39). The van der Waals surface area contributed by atoms with Gasteiger partial charge in [-0.2, -0.15) is 0 Å². The molecule has 1 aromatic carbocycles. The number of phenolic OH excluding ortho intramolecular Hbond substituents is 1. The summed E-state index contributed by atoms with van der Waals surface area (Å²) in [4.78, 5) is 69.2. The Balaban J connectivity index is 2.20. The predicted molar refractivity (Wildman–Crippen MR) is 139 cm³/mol. The zero-order chi connectivity index (χ0) is 29.1. The summed E-state index contributed by atoms with van der Waals surface area (Å²) in [7, 11) is 0. The normalized spacial score (nSPS) is 14.7. The van der Waals surface area contributed by atoms with Crippen molar-refractivity contribution in [3.63, 3.8) is 0 Å². The Bertz CT molecular complexity index is 1140. The lowest BCUT2D eigenvalue weighted by Crippen LogP contribution is -2.58. The number of aromatic nitrogens is 2. The van der Waals surface area contributed by atoms with Crippen LogP contribution in [0.5, 0.6) is 5.75 Å². The fraction of sp³-hybridized carbons (Fsp3) is 0.440. The number of rotatable bonds is 15. The van der Waals surface area contributed by atoms with Crippen LogP contribution in [-0.2, 0) is 36.8 Å². The van der Waals surface area contributed by atoms with E-state index in [-0.39, 0.29) is 24.5 Å². The first kappa shape index (κ1) is 30.8. The van der Waals surface area contributed by atoms with Gasteiger partial charge in [0, 0.05) is 24.7 Å². The molecule has 39 heavy (non-hydrogen) atoms. The Hall–Kier alpha value is -4.46. The fourth-order valence-electron chi connectivity index (χ4n) is 3.63. The first-order chi connectivity index (χ1) is 18.4.